The van der Waals surface area contributed by atoms with E-state index in [9.17, 15) is 50.1 Å². The van der Waals surface area contributed by atoms with Crippen molar-refractivity contribution < 1.29 is 73.8 Å². The normalized spacial score (nSPS) is 42.4. The van der Waals surface area contributed by atoms with Gasteiger partial charge in [-0.2, -0.15) is 0 Å². The number of methoxy groups -OCH3 is 5. The van der Waals surface area contributed by atoms with E-state index >= 15 is 0 Å². The van der Waals surface area contributed by atoms with Gasteiger partial charge in [0.2, 0.25) is 0 Å². The summed E-state index contributed by atoms with van der Waals surface area (Å²) in [5.41, 5.74) is 12.1. The third kappa shape index (κ3) is 14.4. The van der Waals surface area contributed by atoms with Crippen molar-refractivity contribution >= 4 is 17.3 Å². The van der Waals surface area contributed by atoms with E-state index in [0.717, 1.165) is 161 Å². The van der Waals surface area contributed by atoms with E-state index in [2.05, 4.69) is 71.9 Å². The summed E-state index contributed by atoms with van der Waals surface area (Å²) in [6.07, 6.45) is 32.0. The van der Waals surface area contributed by atoms with Crippen LogP contribution >= 0.6 is 0 Å². The van der Waals surface area contributed by atoms with Crippen LogP contribution in [-0.2, 0) is 38.1 Å². The van der Waals surface area contributed by atoms with Gasteiger partial charge >= 0.3 is 0 Å². The molecule has 632 valence electrons. The molecule has 16 aliphatic rings. The number of carbonyl (C=O) groups is 3. The number of carbonyl (C=O) groups excluding carboxylic acids is 3. The van der Waals surface area contributed by atoms with Gasteiger partial charge in [-0.25, -0.2) is 0 Å². The Kier molecular flexibility index (Phi) is 23.8. The maximum Gasteiger partial charge on any atom is 0.178 e. The molecule has 4 aromatic carbocycles. The third-order valence-corrected chi connectivity index (χ3v) is 36.4. The molecule has 0 unspecified atom stereocenters. The molecule has 0 spiro atoms. The Balaban J connectivity index is 0.000000109. The molecule has 0 aliphatic heterocycles. The molecule has 116 heavy (non-hydrogen) atoms. The molecule has 15 nitrogen and oxygen atoms in total. The second-order valence-corrected chi connectivity index (χ2v) is 41.4. The lowest BCUT2D eigenvalue weighted by Gasteiger charge is -2.58. The van der Waals surface area contributed by atoms with Crippen LogP contribution in [0.1, 0.15) is 294 Å². The Morgan fingerprint density at radius 1 is 0.336 bits per heavy atom. The van der Waals surface area contributed by atoms with Crippen molar-refractivity contribution in [2.75, 3.05) is 68.6 Å². The monoisotopic (exact) mass is 1590 g/mol. The topological polar surface area (TPSA) is 239 Å². The summed E-state index contributed by atoms with van der Waals surface area (Å²) in [5, 5.41) is 71.3. The van der Waals surface area contributed by atoms with Crippen LogP contribution < -0.4 is 0 Å². The minimum Gasteiger partial charge on any atom is -0.508 e. The van der Waals surface area contributed by atoms with Crippen LogP contribution in [0.4, 0.5) is 0 Å². The smallest absolute Gasteiger partial charge is 0.178 e. The fourth-order valence-electron chi connectivity index (χ4n) is 30.5. The molecule has 0 bridgehead atoms. The lowest BCUT2D eigenvalue weighted by Crippen LogP contribution is -2.52. The van der Waals surface area contributed by atoms with Crippen molar-refractivity contribution in [2.45, 2.75) is 268 Å². The average Bonchev–Trinajstić information content (AvgIpc) is 1.62. The molecule has 4 aromatic rings. The van der Waals surface area contributed by atoms with E-state index in [1.165, 1.54) is 50.1 Å². The van der Waals surface area contributed by atoms with E-state index in [1.54, 1.807) is 41.6 Å². The standard InChI is InChI=1S/C21H30O3.2C20H28O3.2C20H26O3/c1-20-8-6-14(22)11-18(20)13(12-24-3)10-15-16-4-5-19(23)21(16,2)9-7-17(15)20;4*1-20-8-7-15-14-4-3-13(21)10-16(14)12(11-23-2)9-17(15)18(20)5-6-19(20)22/h6,8,11,13,15-17,19,23H,4-5,7,9-10,12H2,1-3H3;2*3-4,10,12,15,17-19,21-22H,5-9,11H2,1-2H3;2*3-4,10,12,15,17-18,21H,5-9,11H2,1-2H3/t13-,15+,16+,17+,19+,20-,21+;12-,15+,17+,18-,19-,20-;12-,15-,17-,18+,19+,20+;12-,15+,17+,18-,20-;12-,15-,17-,18+,20+/m10101/s1. The fraction of sp³-hybridized carbons (Fsp3) is 0.693. The Labute approximate surface area is 691 Å². The number of Topliss-reactive ketones (excluding diaryl/α,β-unsaturated/α-hetero) is 2. The van der Waals surface area contributed by atoms with Crippen molar-refractivity contribution in [3.63, 3.8) is 0 Å². The zero-order chi connectivity index (χ0) is 81.9. The van der Waals surface area contributed by atoms with Gasteiger partial charge in [-0.3, -0.25) is 14.4 Å². The third-order valence-electron chi connectivity index (χ3n) is 36.4. The number of ketones is 3. The van der Waals surface area contributed by atoms with Crippen molar-refractivity contribution in [3.05, 3.63) is 141 Å². The maximum absolute atomic E-state index is 12.4. The molecule has 0 aromatic heterocycles. The number of allylic oxidation sites excluding steroid dienone is 3. The van der Waals surface area contributed by atoms with Crippen LogP contribution in [0.5, 0.6) is 23.0 Å². The van der Waals surface area contributed by atoms with Gasteiger partial charge in [0.05, 0.1) is 51.3 Å². The number of ether oxygens (including phenoxy) is 5. The molecule has 0 heterocycles. The second kappa shape index (κ2) is 32.9. The Morgan fingerprint density at radius 2 is 0.638 bits per heavy atom. The largest absolute Gasteiger partial charge is 0.508 e. The SMILES string of the molecule is COC[C@@H]1C[C@@H]2[C@H](CC[C@]3(C)C(=O)CC[C@@H]23)c2ccc(O)cc21.COC[C@@H]1C[C@@H]2[C@H](CC[C@]3(C)[C@@H](O)CC[C@@H]23)c2ccc(O)cc21.COC[C@H]1C[C@@H]2[C@H](CC[C@]3(C)C(=O)CC[C@@H]23)c2ccc(O)cc21.COC[C@H]1C[C@@H]2[C@H](CC[C@]3(C)[C@@H](O)CC[C@@H]23)c2ccc(O)cc21.COC[C@H]1C[C@H]2[C@@H]3CC[C@H](O)[C@@]3(C)CC[C@@H]2[C@@]2(C)C=CC(=O)C=C12. The van der Waals surface area contributed by atoms with Crippen molar-refractivity contribution in [2.24, 2.45) is 104 Å². The molecular weight excluding hydrogens is 1450 g/mol. The quantitative estimate of drug-likeness (QED) is 0.0781. The maximum atomic E-state index is 12.4. The number of aliphatic hydroxyl groups excluding tert-OH is 3. The summed E-state index contributed by atoms with van der Waals surface area (Å²) in [7, 11) is 8.78. The Hall–Kier alpha value is -5.75. The number of hydrogen-bond acceptors (Lipinski definition) is 15. The highest BCUT2D eigenvalue weighted by Crippen LogP contribution is 2.69. The molecule has 0 saturated heterocycles. The van der Waals surface area contributed by atoms with Crippen LogP contribution in [0.3, 0.4) is 0 Å². The molecule has 7 N–H and O–H groups in total. The minimum absolute atomic E-state index is 0.0190. The summed E-state index contributed by atoms with van der Waals surface area (Å²) in [5.74, 6) is 13.1. The van der Waals surface area contributed by atoms with E-state index in [4.69, 9.17) is 23.7 Å². The number of aromatic hydroxyl groups is 4. The van der Waals surface area contributed by atoms with Gasteiger partial charge in [-0.05, 0) is 358 Å². The van der Waals surface area contributed by atoms with Gasteiger partial charge in [0.25, 0.3) is 0 Å². The molecule has 16 aliphatic carbocycles. The first-order valence-corrected chi connectivity index (χ1v) is 45.4. The predicted molar refractivity (Wildman–Crippen MR) is 450 cm³/mol. The van der Waals surface area contributed by atoms with E-state index in [0.29, 0.717) is 186 Å². The molecule has 0 radical (unpaired) electrons. The lowest BCUT2D eigenvalue weighted by atomic mass is 9.46. The summed E-state index contributed by atoms with van der Waals surface area (Å²) < 4.78 is 27.4. The lowest BCUT2D eigenvalue weighted by molar-refractivity contribution is -0.130. The molecule has 15 heteroatoms. The van der Waals surface area contributed by atoms with E-state index in [-0.39, 0.29) is 56.6 Å². The predicted octanol–water partition coefficient (Wildman–Crippen LogP) is 19.1. The zero-order valence-corrected chi connectivity index (χ0v) is 71.5. The molecule has 11 fully saturated rings. The number of phenolic OH excluding ortho intramolecular Hbond substituents is 4. The van der Waals surface area contributed by atoms with Gasteiger partial charge in [0.15, 0.2) is 5.78 Å². The summed E-state index contributed by atoms with van der Waals surface area (Å²) in [6, 6.07) is 23.6. The molecule has 11 saturated carbocycles. The summed E-state index contributed by atoms with van der Waals surface area (Å²) >= 11 is 0. The van der Waals surface area contributed by atoms with Crippen molar-refractivity contribution in [1.29, 1.82) is 0 Å². The van der Waals surface area contributed by atoms with Gasteiger partial charge in [0.1, 0.15) is 34.6 Å². The van der Waals surface area contributed by atoms with Crippen LogP contribution in [0, 0.1) is 104 Å². The van der Waals surface area contributed by atoms with Gasteiger partial charge in [0, 0.05) is 94.2 Å². The van der Waals surface area contributed by atoms with Crippen molar-refractivity contribution in [3.8, 4) is 23.0 Å². The highest BCUT2D eigenvalue weighted by Gasteiger charge is 2.63. The first-order valence-electron chi connectivity index (χ1n) is 45.4. The molecule has 20 rings (SSSR count). The highest BCUT2D eigenvalue weighted by atomic mass is 16.5. The van der Waals surface area contributed by atoms with Crippen LogP contribution in [-0.4, -0.2) is 140 Å². The minimum atomic E-state index is -0.141. The fourth-order valence-corrected chi connectivity index (χ4v) is 30.5. The van der Waals surface area contributed by atoms with Crippen LogP contribution in [0.15, 0.2) is 96.6 Å². The first kappa shape index (κ1) is 83.9. The summed E-state index contributed by atoms with van der Waals surface area (Å²) in [4.78, 5) is 36.9. The number of hydrogen-bond donors (Lipinski definition) is 7. The van der Waals surface area contributed by atoms with Gasteiger partial charge in [-0.1, -0.05) is 77.5 Å². The van der Waals surface area contributed by atoms with Crippen molar-refractivity contribution in [1.82, 2.24) is 0 Å². The molecule has 29 atom stereocenters. The number of benzene rings is 4. The number of phenols is 4. The number of fused-ring (bicyclic) bond motifs is 25. The zero-order valence-electron chi connectivity index (χ0n) is 71.5. The second-order valence-electron chi connectivity index (χ2n) is 41.4. The number of rotatable bonds is 10. The van der Waals surface area contributed by atoms with Gasteiger partial charge in [-0.15, -0.1) is 0 Å². The van der Waals surface area contributed by atoms with Crippen LogP contribution in [0.25, 0.3) is 0 Å². The van der Waals surface area contributed by atoms with Gasteiger partial charge < -0.3 is 59.4 Å². The summed E-state index contributed by atoms with van der Waals surface area (Å²) in [6.45, 7) is 17.2. The average molecular weight is 1590 g/mol. The van der Waals surface area contributed by atoms with E-state index in [1.807, 2.05) is 54.6 Å². The van der Waals surface area contributed by atoms with Crippen LogP contribution in [0.2, 0.25) is 0 Å². The Bertz CT molecular complexity index is 4120. The Morgan fingerprint density at radius 3 is 0.983 bits per heavy atom. The molecular formula is C101H138O15. The van der Waals surface area contributed by atoms with E-state index < -0.39 is 0 Å². The first-order chi connectivity index (χ1) is 55.6. The highest BCUT2D eigenvalue weighted by molar-refractivity contribution is 6.01. The molecule has 0 amide bonds. The number of aliphatic hydroxyl groups is 3.